The third-order valence-corrected chi connectivity index (χ3v) is 6.15. The lowest BCUT2D eigenvalue weighted by Crippen LogP contribution is -2.48. The van der Waals surface area contributed by atoms with Crippen LogP contribution in [0.5, 0.6) is 0 Å². The van der Waals surface area contributed by atoms with Gasteiger partial charge in [0, 0.05) is 18.7 Å². The Morgan fingerprint density at radius 1 is 1.14 bits per heavy atom. The van der Waals surface area contributed by atoms with Gasteiger partial charge in [0.05, 0.1) is 18.6 Å². The zero-order chi connectivity index (χ0) is 20.4. The maximum absolute atomic E-state index is 12.9. The fourth-order valence-corrected chi connectivity index (χ4v) is 4.28. The number of benzene rings is 2. The van der Waals surface area contributed by atoms with E-state index in [0.717, 1.165) is 53.4 Å². The molecule has 1 unspecified atom stereocenters. The van der Waals surface area contributed by atoms with Crippen LogP contribution in [0.15, 0.2) is 59.4 Å². The summed E-state index contributed by atoms with van der Waals surface area (Å²) in [5.74, 6) is 0. The highest BCUT2D eigenvalue weighted by atomic mass is 16.3. The van der Waals surface area contributed by atoms with Crippen molar-refractivity contribution >= 4 is 16.8 Å². The molecule has 1 atom stereocenters. The van der Waals surface area contributed by atoms with Crippen LogP contribution in [-0.2, 0) is 0 Å². The highest BCUT2D eigenvalue weighted by Gasteiger charge is 2.25. The number of nitrogens with one attached hydrogen (secondary N) is 1. The molecule has 0 spiro atoms. The van der Waals surface area contributed by atoms with E-state index in [1.165, 1.54) is 0 Å². The number of rotatable bonds is 4. The highest BCUT2D eigenvalue weighted by Crippen LogP contribution is 2.33. The Balaban J connectivity index is 1.55. The molecule has 1 aromatic heterocycles. The van der Waals surface area contributed by atoms with Gasteiger partial charge in [0.25, 0.3) is 0 Å². The lowest BCUT2D eigenvalue weighted by atomic mass is 9.93. The van der Waals surface area contributed by atoms with E-state index >= 15 is 0 Å². The molecule has 0 aliphatic carbocycles. The monoisotopic (exact) mass is 391 g/mol. The fraction of sp³-hybridized carbons (Fsp3) is 0.375. The first kappa shape index (κ1) is 19.5. The Bertz CT molecular complexity index is 975. The van der Waals surface area contributed by atoms with Crippen molar-refractivity contribution in [1.29, 1.82) is 0 Å². The molecule has 5 nitrogen and oxygen atoms in total. The van der Waals surface area contributed by atoms with Crippen LogP contribution in [0.4, 0.5) is 4.79 Å². The van der Waals surface area contributed by atoms with Gasteiger partial charge in [0.15, 0.2) is 0 Å². The number of amides is 2. The van der Waals surface area contributed by atoms with Crippen molar-refractivity contribution < 1.29 is 9.21 Å². The van der Waals surface area contributed by atoms with Gasteiger partial charge in [-0.1, -0.05) is 36.4 Å². The highest BCUT2D eigenvalue weighted by molar-refractivity contribution is 5.98. The summed E-state index contributed by atoms with van der Waals surface area (Å²) in [6.07, 6.45) is 5.51. The zero-order valence-electron chi connectivity index (χ0n) is 17.4. The van der Waals surface area contributed by atoms with E-state index in [0.29, 0.717) is 6.04 Å². The molecule has 2 amide bonds. The summed E-state index contributed by atoms with van der Waals surface area (Å²) in [7, 11) is 4.05. The second-order valence-electron chi connectivity index (χ2n) is 8.08. The van der Waals surface area contributed by atoms with E-state index in [2.05, 4.69) is 48.5 Å². The first-order chi connectivity index (χ1) is 14.0. The van der Waals surface area contributed by atoms with Crippen molar-refractivity contribution in [3.63, 3.8) is 0 Å². The maximum Gasteiger partial charge on any atom is 0.317 e. The second kappa shape index (κ2) is 8.29. The van der Waals surface area contributed by atoms with Crippen molar-refractivity contribution in [3.8, 4) is 11.1 Å². The Hall–Kier alpha value is -2.79. The number of hydrogen-bond acceptors (Lipinski definition) is 3. The van der Waals surface area contributed by atoms with E-state index in [1.54, 1.807) is 12.5 Å². The van der Waals surface area contributed by atoms with Gasteiger partial charge in [-0.2, -0.15) is 0 Å². The topological polar surface area (TPSA) is 48.7 Å². The number of furan rings is 1. The normalized spacial score (nSPS) is 16.7. The van der Waals surface area contributed by atoms with Gasteiger partial charge >= 0.3 is 6.03 Å². The number of fused-ring (bicyclic) bond motifs is 1. The van der Waals surface area contributed by atoms with Gasteiger partial charge in [0.2, 0.25) is 0 Å². The largest absolute Gasteiger partial charge is 0.472 e. The van der Waals surface area contributed by atoms with E-state index in [9.17, 15) is 4.79 Å². The Morgan fingerprint density at radius 3 is 2.55 bits per heavy atom. The summed E-state index contributed by atoms with van der Waals surface area (Å²) in [6.45, 7) is 4.13. The van der Waals surface area contributed by atoms with Crippen LogP contribution >= 0.6 is 0 Å². The van der Waals surface area contributed by atoms with Crippen molar-refractivity contribution in [3.05, 3.63) is 60.6 Å². The predicted octanol–water partition coefficient (Wildman–Crippen LogP) is 4.90. The van der Waals surface area contributed by atoms with Crippen molar-refractivity contribution in [1.82, 2.24) is 15.1 Å². The minimum Gasteiger partial charge on any atom is -0.472 e. The van der Waals surface area contributed by atoms with Gasteiger partial charge in [-0.25, -0.2) is 4.79 Å². The second-order valence-corrected chi connectivity index (χ2v) is 8.08. The van der Waals surface area contributed by atoms with Crippen molar-refractivity contribution in [2.45, 2.75) is 31.8 Å². The molecule has 1 N–H and O–H groups in total. The van der Waals surface area contributed by atoms with Crippen LogP contribution < -0.4 is 5.32 Å². The lowest BCUT2D eigenvalue weighted by molar-refractivity contribution is 0.146. The number of urea groups is 1. The first-order valence-corrected chi connectivity index (χ1v) is 10.3. The van der Waals surface area contributed by atoms with Crippen LogP contribution in [-0.4, -0.2) is 49.1 Å². The quantitative estimate of drug-likeness (QED) is 0.688. The van der Waals surface area contributed by atoms with E-state index in [-0.39, 0.29) is 12.1 Å². The average molecular weight is 392 g/mol. The zero-order valence-corrected chi connectivity index (χ0v) is 17.4. The van der Waals surface area contributed by atoms with Crippen LogP contribution in [0.2, 0.25) is 0 Å². The summed E-state index contributed by atoms with van der Waals surface area (Å²) in [4.78, 5) is 17.1. The van der Waals surface area contributed by atoms with Crippen LogP contribution in [0.3, 0.4) is 0 Å². The molecule has 1 fully saturated rings. The minimum absolute atomic E-state index is 0.00459. The molecule has 0 saturated carbocycles. The molecular weight excluding hydrogens is 362 g/mol. The summed E-state index contributed by atoms with van der Waals surface area (Å²) < 4.78 is 5.27. The van der Waals surface area contributed by atoms with Gasteiger partial charge in [0.1, 0.15) is 0 Å². The number of likely N-dealkylation sites (tertiary alicyclic amines) is 1. The Kier molecular flexibility index (Phi) is 5.58. The van der Waals surface area contributed by atoms with Crippen LogP contribution in [0.1, 0.15) is 31.4 Å². The summed E-state index contributed by atoms with van der Waals surface area (Å²) in [6, 6.07) is 14.8. The van der Waals surface area contributed by atoms with Crippen molar-refractivity contribution in [2.24, 2.45) is 0 Å². The minimum atomic E-state index is -0.0838. The number of carbonyl (C=O) groups excluding carboxylic acids is 1. The van der Waals surface area contributed by atoms with E-state index in [4.69, 9.17) is 4.42 Å². The number of hydrogen-bond donors (Lipinski definition) is 1. The number of piperidine rings is 1. The smallest absolute Gasteiger partial charge is 0.317 e. The third-order valence-electron chi connectivity index (χ3n) is 6.15. The molecule has 5 heteroatoms. The lowest BCUT2D eigenvalue weighted by Gasteiger charge is -2.35. The number of carbonyl (C=O) groups is 1. The van der Waals surface area contributed by atoms with Crippen LogP contribution in [0.25, 0.3) is 21.9 Å². The van der Waals surface area contributed by atoms with Gasteiger partial charge in [-0.3, -0.25) is 0 Å². The van der Waals surface area contributed by atoms with E-state index < -0.39 is 0 Å². The summed E-state index contributed by atoms with van der Waals surface area (Å²) in [5.41, 5.74) is 3.32. The molecule has 29 heavy (non-hydrogen) atoms. The Labute approximate surface area is 172 Å². The maximum atomic E-state index is 12.9. The SMILES string of the molecule is CC(NC(=O)N(C)C1CCN(C)CC1)c1ccc(-c2ccoc2)c2ccccc12. The molecule has 1 aliphatic heterocycles. The molecule has 2 aromatic carbocycles. The average Bonchev–Trinajstić information content (AvgIpc) is 3.27. The van der Waals surface area contributed by atoms with Gasteiger partial charge < -0.3 is 19.5 Å². The molecule has 3 aromatic rings. The van der Waals surface area contributed by atoms with Gasteiger partial charge in [-0.15, -0.1) is 0 Å². The molecule has 0 bridgehead atoms. The summed E-state index contributed by atoms with van der Waals surface area (Å²) >= 11 is 0. The molecular formula is C24H29N3O2. The Morgan fingerprint density at radius 2 is 1.86 bits per heavy atom. The van der Waals surface area contributed by atoms with E-state index in [1.807, 2.05) is 30.1 Å². The molecule has 0 radical (unpaired) electrons. The molecule has 4 rings (SSSR count). The fourth-order valence-electron chi connectivity index (χ4n) is 4.28. The van der Waals surface area contributed by atoms with Gasteiger partial charge in [-0.05, 0) is 67.9 Å². The molecule has 1 saturated heterocycles. The molecule has 1 aliphatic rings. The molecule has 152 valence electrons. The summed E-state index contributed by atoms with van der Waals surface area (Å²) in [5, 5.41) is 5.52. The molecule has 2 heterocycles. The third kappa shape index (κ3) is 4.01. The van der Waals surface area contributed by atoms with Crippen LogP contribution in [0, 0.1) is 0 Å². The first-order valence-electron chi connectivity index (χ1n) is 10.3. The standard InChI is InChI=1S/C24H29N3O2/c1-17(25-24(28)27(3)19-10-13-26(2)14-11-19)20-8-9-21(18-12-15-29-16-18)23-7-5-4-6-22(20)23/h4-9,12,15-17,19H,10-11,13-14H2,1-3H3,(H,25,28). The van der Waals surface area contributed by atoms with Crippen molar-refractivity contribution in [2.75, 3.05) is 27.2 Å². The predicted molar refractivity (Wildman–Crippen MR) is 117 cm³/mol. The number of nitrogens with zero attached hydrogens (tertiary/aromatic N) is 2.